The van der Waals surface area contributed by atoms with Crippen LogP contribution < -0.4 is 5.32 Å². The van der Waals surface area contributed by atoms with E-state index in [4.69, 9.17) is 0 Å². The number of nitrogens with one attached hydrogen (secondary N) is 1. The molecule has 2 heterocycles. The third-order valence-electron chi connectivity index (χ3n) is 4.52. The van der Waals surface area contributed by atoms with E-state index in [1.54, 1.807) is 4.90 Å². The van der Waals surface area contributed by atoms with Gasteiger partial charge in [0.1, 0.15) is 0 Å². The number of amides is 2. The van der Waals surface area contributed by atoms with Crippen molar-refractivity contribution in [3.05, 3.63) is 35.9 Å². The third kappa shape index (κ3) is 3.30. The molecule has 0 aliphatic carbocycles. The molecule has 5 nitrogen and oxygen atoms in total. The zero-order valence-corrected chi connectivity index (χ0v) is 13.0. The molecule has 2 aliphatic heterocycles. The standard InChI is InChI=1S/C17H23N3O2/c1-13(9-14-5-3-2-4-6-14)11-19-7-8-20-15(12-19)10-18-16(21)17(20)22/h2-6,13,15H,7-12H2,1H3,(H,18,21). The number of fused-ring (bicyclic) bond motifs is 1. The summed E-state index contributed by atoms with van der Waals surface area (Å²) >= 11 is 0. The zero-order chi connectivity index (χ0) is 15.5. The fraction of sp³-hybridized carbons (Fsp3) is 0.529. The van der Waals surface area contributed by atoms with Gasteiger partial charge in [0.25, 0.3) is 0 Å². The van der Waals surface area contributed by atoms with Gasteiger partial charge in [-0.3, -0.25) is 14.5 Å². The Morgan fingerprint density at radius 1 is 1.23 bits per heavy atom. The molecule has 3 rings (SSSR count). The second kappa shape index (κ2) is 6.48. The van der Waals surface area contributed by atoms with Gasteiger partial charge in [0.2, 0.25) is 0 Å². The predicted molar refractivity (Wildman–Crippen MR) is 84.3 cm³/mol. The maximum atomic E-state index is 11.8. The molecule has 0 aromatic heterocycles. The summed E-state index contributed by atoms with van der Waals surface area (Å²) in [5.74, 6) is -0.252. The molecule has 2 aliphatic rings. The van der Waals surface area contributed by atoms with Gasteiger partial charge in [0.15, 0.2) is 0 Å². The smallest absolute Gasteiger partial charge is 0.312 e. The molecule has 1 aromatic carbocycles. The second-order valence-corrected chi connectivity index (χ2v) is 6.42. The van der Waals surface area contributed by atoms with Crippen molar-refractivity contribution in [1.29, 1.82) is 0 Å². The van der Waals surface area contributed by atoms with Gasteiger partial charge in [-0.15, -0.1) is 0 Å². The monoisotopic (exact) mass is 301 g/mol. The molecule has 5 heteroatoms. The second-order valence-electron chi connectivity index (χ2n) is 6.42. The van der Waals surface area contributed by atoms with E-state index in [9.17, 15) is 9.59 Å². The van der Waals surface area contributed by atoms with Crippen LogP contribution in [0.3, 0.4) is 0 Å². The number of piperazine rings is 2. The lowest BCUT2D eigenvalue weighted by Gasteiger charge is -2.44. The van der Waals surface area contributed by atoms with Crippen LogP contribution in [0.25, 0.3) is 0 Å². The Hall–Kier alpha value is -1.88. The Bertz CT molecular complexity index is 546. The highest BCUT2D eigenvalue weighted by molar-refractivity contribution is 6.35. The Kier molecular flexibility index (Phi) is 4.43. The molecule has 1 aromatic rings. The van der Waals surface area contributed by atoms with Gasteiger partial charge in [-0.2, -0.15) is 0 Å². The molecular formula is C17H23N3O2. The molecule has 22 heavy (non-hydrogen) atoms. The van der Waals surface area contributed by atoms with Crippen LogP contribution in [0.4, 0.5) is 0 Å². The zero-order valence-electron chi connectivity index (χ0n) is 13.0. The van der Waals surface area contributed by atoms with Crippen LogP contribution in [-0.4, -0.2) is 60.4 Å². The molecular weight excluding hydrogens is 278 g/mol. The van der Waals surface area contributed by atoms with Crippen LogP contribution in [0.1, 0.15) is 12.5 Å². The fourth-order valence-electron chi connectivity index (χ4n) is 3.47. The van der Waals surface area contributed by atoms with E-state index in [0.29, 0.717) is 19.0 Å². The lowest BCUT2D eigenvalue weighted by atomic mass is 9.99. The Labute approximate surface area is 131 Å². The topological polar surface area (TPSA) is 52.7 Å². The molecule has 2 saturated heterocycles. The summed E-state index contributed by atoms with van der Waals surface area (Å²) in [5.41, 5.74) is 1.37. The Balaban J connectivity index is 1.52. The molecule has 2 amide bonds. The van der Waals surface area contributed by atoms with Crippen molar-refractivity contribution in [2.75, 3.05) is 32.7 Å². The molecule has 0 bridgehead atoms. The van der Waals surface area contributed by atoms with Crippen LogP contribution in [-0.2, 0) is 16.0 Å². The first-order valence-electron chi connectivity index (χ1n) is 7.98. The predicted octanol–water partition coefficient (Wildman–Crippen LogP) is 0.508. The van der Waals surface area contributed by atoms with Gasteiger partial charge in [-0.1, -0.05) is 37.3 Å². The molecule has 0 saturated carbocycles. The van der Waals surface area contributed by atoms with Gasteiger partial charge < -0.3 is 10.2 Å². The molecule has 1 N–H and O–H groups in total. The van der Waals surface area contributed by atoms with Crippen molar-refractivity contribution in [2.45, 2.75) is 19.4 Å². The minimum Gasteiger partial charge on any atom is -0.346 e. The van der Waals surface area contributed by atoms with Crippen LogP contribution in [0.15, 0.2) is 30.3 Å². The summed E-state index contributed by atoms with van der Waals surface area (Å²) in [6.07, 6.45) is 1.07. The van der Waals surface area contributed by atoms with E-state index >= 15 is 0 Å². The Morgan fingerprint density at radius 3 is 2.77 bits per heavy atom. The summed E-state index contributed by atoms with van der Waals surface area (Å²) in [6, 6.07) is 10.7. The summed E-state index contributed by atoms with van der Waals surface area (Å²) in [4.78, 5) is 27.4. The van der Waals surface area contributed by atoms with Crippen LogP contribution >= 0.6 is 0 Å². The van der Waals surface area contributed by atoms with Crippen LogP contribution in [0, 0.1) is 5.92 Å². The van der Waals surface area contributed by atoms with Crippen molar-refractivity contribution in [3.8, 4) is 0 Å². The van der Waals surface area contributed by atoms with Crippen molar-refractivity contribution in [3.63, 3.8) is 0 Å². The number of carbonyl (C=O) groups excluding carboxylic acids is 2. The third-order valence-corrected chi connectivity index (χ3v) is 4.52. The molecule has 2 unspecified atom stereocenters. The summed E-state index contributed by atoms with van der Waals surface area (Å²) in [5, 5.41) is 2.69. The lowest BCUT2D eigenvalue weighted by Crippen LogP contribution is -2.65. The molecule has 0 spiro atoms. The normalized spacial score (nSPS) is 23.9. The largest absolute Gasteiger partial charge is 0.346 e. The van der Waals surface area contributed by atoms with E-state index in [0.717, 1.165) is 26.1 Å². The van der Waals surface area contributed by atoms with E-state index < -0.39 is 5.91 Å². The van der Waals surface area contributed by atoms with E-state index in [1.165, 1.54) is 5.56 Å². The SMILES string of the molecule is CC(Cc1ccccc1)CN1CCN2C(=O)C(=O)NCC2C1. The van der Waals surface area contributed by atoms with Gasteiger partial charge in [-0.05, 0) is 17.9 Å². The molecule has 2 fully saturated rings. The summed E-state index contributed by atoms with van der Waals surface area (Å²) < 4.78 is 0. The molecule has 118 valence electrons. The minimum absolute atomic E-state index is 0.128. The average molecular weight is 301 g/mol. The van der Waals surface area contributed by atoms with Crippen molar-refractivity contribution in [1.82, 2.24) is 15.1 Å². The first-order valence-corrected chi connectivity index (χ1v) is 7.98. The van der Waals surface area contributed by atoms with Gasteiger partial charge in [-0.25, -0.2) is 0 Å². The van der Waals surface area contributed by atoms with Crippen LogP contribution in [0.5, 0.6) is 0 Å². The van der Waals surface area contributed by atoms with E-state index in [2.05, 4.69) is 41.4 Å². The van der Waals surface area contributed by atoms with Gasteiger partial charge in [0.05, 0.1) is 6.04 Å². The van der Waals surface area contributed by atoms with Crippen molar-refractivity contribution >= 4 is 11.8 Å². The lowest BCUT2D eigenvalue weighted by molar-refractivity contribution is -0.152. The number of nitrogens with zero attached hydrogens (tertiary/aromatic N) is 2. The van der Waals surface area contributed by atoms with E-state index in [-0.39, 0.29) is 11.9 Å². The fourth-order valence-corrected chi connectivity index (χ4v) is 3.47. The summed E-state index contributed by atoms with van der Waals surface area (Å²) in [7, 11) is 0. The number of carbonyl (C=O) groups is 2. The number of rotatable bonds is 4. The summed E-state index contributed by atoms with van der Waals surface area (Å²) in [6.45, 7) is 6.25. The first kappa shape index (κ1) is 15.0. The molecule has 2 atom stereocenters. The number of benzene rings is 1. The average Bonchev–Trinajstić information content (AvgIpc) is 2.52. The van der Waals surface area contributed by atoms with Crippen molar-refractivity contribution < 1.29 is 9.59 Å². The highest BCUT2D eigenvalue weighted by Gasteiger charge is 2.37. The van der Waals surface area contributed by atoms with Gasteiger partial charge >= 0.3 is 11.8 Å². The highest BCUT2D eigenvalue weighted by atomic mass is 16.2. The van der Waals surface area contributed by atoms with Crippen molar-refractivity contribution in [2.24, 2.45) is 5.92 Å². The highest BCUT2D eigenvalue weighted by Crippen LogP contribution is 2.16. The number of hydrogen-bond acceptors (Lipinski definition) is 3. The Morgan fingerprint density at radius 2 is 2.00 bits per heavy atom. The minimum atomic E-state index is -0.456. The first-order chi connectivity index (χ1) is 10.6. The number of hydrogen-bond donors (Lipinski definition) is 1. The van der Waals surface area contributed by atoms with Crippen LogP contribution in [0.2, 0.25) is 0 Å². The van der Waals surface area contributed by atoms with E-state index in [1.807, 2.05) is 6.07 Å². The molecule has 0 radical (unpaired) electrons. The maximum absolute atomic E-state index is 11.8. The maximum Gasteiger partial charge on any atom is 0.312 e. The van der Waals surface area contributed by atoms with Gasteiger partial charge in [0, 0.05) is 32.7 Å². The quantitative estimate of drug-likeness (QED) is 0.825.